The maximum absolute atomic E-state index is 6.70. The largest absolute Gasteiger partial charge is 0.299 e. The fourth-order valence-corrected chi connectivity index (χ4v) is 2.19. The molecule has 54 valence electrons. The molecule has 2 heterocycles. The van der Waals surface area contributed by atoms with E-state index in [-0.39, 0.29) is 0 Å². The van der Waals surface area contributed by atoms with Crippen LogP contribution in [-0.2, 0) is 0 Å². The van der Waals surface area contributed by atoms with E-state index >= 15 is 0 Å². The number of fused-ring (bicyclic) bond motifs is 2. The van der Waals surface area contributed by atoms with E-state index in [1.165, 1.54) is 25.9 Å². The minimum atomic E-state index is 0.632. The summed E-state index contributed by atoms with van der Waals surface area (Å²) in [5.74, 6) is 1.89. The molecule has 1 aliphatic carbocycles. The fraction of sp³-hybridized carbons (Fsp3) is 0.875. The predicted octanol–water partition coefficient (Wildman–Crippen LogP) is 1.20. The van der Waals surface area contributed by atoms with Gasteiger partial charge in [0.2, 0.25) is 0 Å². The first-order valence-corrected chi connectivity index (χ1v) is 3.94. The molecule has 10 heavy (non-hydrogen) atoms. The molecular formula is C8H12N2. The monoisotopic (exact) mass is 136 g/mol. The number of hydrogen-bond acceptors (Lipinski definition) is 1. The number of hydrogen-bond donors (Lipinski definition) is 0. The van der Waals surface area contributed by atoms with Gasteiger partial charge in [0.1, 0.15) is 0 Å². The second-order valence-corrected chi connectivity index (χ2v) is 3.54. The molecule has 0 unspecified atom stereocenters. The third-order valence-corrected chi connectivity index (χ3v) is 2.64. The molecule has 3 fully saturated rings. The van der Waals surface area contributed by atoms with Gasteiger partial charge in [-0.2, -0.15) is 0 Å². The Kier molecular flexibility index (Phi) is 1.39. The minimum Gasteiger partial charge on any atom is -0.299 e. The van der Waals surface area contributed by atoms with E-state index in [9.17, 15) is 0 Å². The summed E-state index contributed by atoms with van der Waals surface area (Å²) in [5.41, 5.74) is 0. The Morgan fingerprint density at radius 2 is 1.90 bits per heavy atom. The van der Waals surface area contributed by atoms with Crippen molar-refractivity contribution in [2.24, 2.45) is 11.8 Å². The zero-order chi connectivity index (χ0) is 6.97. The first-order valence-electron chi connectivity index (χ1n) is 3.94. The summed E-state index contributed by atoms with van der Waals surface area (Å²) in [5, 5.41) is 0. The van der Waals surface area contributed by atoms with Gasteiger partial charge in [-0.25, -0.2) is 11.5 Å². The summed E-state index contributed by atoms with van der Waals surface area (Å²) in [7, 11) is 0. The maximum Gasteiger partial charge on any atom is 0.270 e. The van der Waals surface area contributed by atoms with Gasteiger partial charge < -0.3 is 0 Å². The summed E-state index contributed by atoms with van der Waals surface area (Å²) in [4.78, 5) is 5.68. The molecular weight excluding hydrogens is 124 g/mol. The smallest absolute Gasteiger partial charge is 0.270 e. The summed E-state index contributed by atoms with van der Waals surface area (Å²) >= 11 is 0. The van der Waals surface area contributed by atoms with Crippen LogP contribution in [0.3, 0.4) is 0 Å². The Hall–Kier alpha value is -0.550. The average Bonchev–Trinajstić information content (AvgIpc) is 1.87. The van der Waals surface area contributed by atoms with Crippen molar-refractivity contribution in [3.63, 3.8) is 0 Å². The normalized spacial score (nSPS) is 38.3. The van der Waals surface area contributed by atoms with E-state index < -0.39 is 0 Å². The fourth-order valence-electron chi connectivity index (χ4n) is 2.19. The van der Waals surface area contributed by atoms with Gasteiger partial charge in [0.05, 0.1) is 0 Å². The SMILES string of the molecule is [C-]#[N+]CN1CC2CC(C2)C1. The third-order valence-electron chi connectivity index (χ3n) is 2.64. The quantitative estimate of drug-likeness (QED) is 0.491. The van der Waals surface area contributed by atoms with Crippen molar-refractivity contribution < 1.29 is 0 Å². The van der Waals surface area contributed by atoms with Crippen LogP contribution in [0.1, 0.15) is 12.8 Å². The van der Waals surface area contributed by atoms with E-state index in [0.29, 0.717) is 6.67 Å². The summed E-state index contributed by atoms with van der Waals surface area (Å²) < 4.78 is 0. The zero-order valence-electron chi connectivity index (χ0n) is 6.08. The first-order chi connectivity index (χ1) is 4.88. The van der Waals surface area contributed by atoms with Crippen molar-refractivity contribution >= 4 is 0 Å². The van der Waals surface area contributed by atoms with Crippen LogP contribution in [0, 0.1) is 18.4 Å². The Morgan fingerprint density at radius 3 is 2.40 bits per heavy atom. The molecule has 0 aromatic rings. The Morgan fingerprint density at radius 1 is 1.30 bits per heavy atom. The lowest BCUT2D eigenvalue weighted by atomic mass is 9.71. The molecule has 3 rings (SSSR count). The molecule has 0 spiro atoms. The van der Waals surface area contributed by atoms with Crippen LogP contribution >= 0.6 is 0 Å². The van der Waals surface area contributed by atoms with Crippen LogP contribution in [0.5, 0.6) is 0 Å². The minimum absolute atomic E-state index is 0.632. The van der Waals surface area contributed by atoms with Crippen molar-refractivity contribution in [3.05, 3.63) is 11.4 Å². The summed E-state index contributed by atoms with van der Waals surface area (Å²) in [6.45, 7) is 9.72. The standard InChI is InChI=1S/C8H12N2/c1-9-6-10-4-7-2-8(3-7)5-10/h7-8H,2-6H2. The van der Waals surface area contributed by atoms with E-state index in [0.717, 1.165) is 11.8 Å². The van der Waals surface area contributed by atoms with E-state index in [1.807, 2.05) is 0 Å². The number of nitrogens with zero attached hydrogens (tertiary/aromatic N) is 2. The average molecular weight is 136 g/mol. The molecule has 0 aromatic carbocycles. The molecule has 0 amide bonds. The third kappa shape index (κ3) is 0.911. The van der Waals surface area contributed by atoms with Crippen molar-refractivity contribution in [2.75, 3.05) is 19.8 Å². The van der Waals surface area contributed by atoms with Gasteiger partial charge in [-0.1, -0.05) is 0 Å². The van der Waals surface area contributed by atoms with Crippen molar-refractivity contribution in [1.29, 1.82) is 0 Å². The molecule has 3 aliphatic rings. The van der Waals surface area contributed by atoms with Crippen molar-refractivity contribution in [2.45, 2.75) is 12.8 Å². The lowest BCUT2D eigenvalue weighted by Crippen LogP contribution is -2.48. The summed E-state index contributed by atoms with van der Waals surface area (Å²) in [6, 6.07) is 0. The second kappa shape index (κ2) is 2.25. The van der Waals surface area contributed by atoms with E-state index in [4.69, 9.17) is 6.57 Å². The molecule has 0 atom stereocenters. The second-order valence-electron chi connectivity index (χ2n) is 3.54. The molecule has 0 radical (unpaired) electrons. The molecule has 2 bridgehead atoms. The zero-order valence-corrected chi connectivity index (χ0v) is 6.08. The lowest BCUT2D eigenvalue weighted by molar-refractivity contribution is 0.0346. The van der Waals surface area contributed by atoms with Gasteiger partial charge in [0.25, 0.3) is 6.67 Å². The van der Waals surface area contributed by atoms with Crippen molar-refractivity contribution in [3.8, 4) is 0 Å². The highest BCUT2D eigenvalue weighted by Crippen LogP contribution is 2.39. The van der Waals surface area contributed by atoms with Crippen LogP contribution in [0.2, 0.25) is 0 Å². The Balaban J connectivity index is 1.86. The molecule has 2 heteroatoms. The lowest BCUT2D eigenvalue weighted by Gasteiger charge is -2.45. The van der Waals surface area contributed by atoms with Gasteiger partial charge >= 0.3 is 0 Å². The van der Waals surface area contributed by atoms with E-state index in [2.05, 4.69) is 9.74 Å². The number of piperidine rings is 2. The molecule has 2 nitrogen and oxygen atoms in total. The topological polar surface area (TPSA) is 7.60 Å². The van der Waals surface area contributed by atoms with E-state index in [1.54, 1.807) is 0 Å². The van der Waals surface area contributed by atoms with Gasteiger partial charge in [-0.3, -0.25) is 4.85 Å². The van der Waals surface area contributed by atoms with Crippen LogP contribution < -0.4 is 0 Å². The van der Waals surface area contributed by atoms with Gasteiger partial charge in [0, 0.05) is 13.1 Å². The Bertz CT molecular complexity index is 155. The van der Waals surface area contributed by atoms with Crippen LogP contribution in [-0.4, -0.2) is 24.7 Å². The van der Waals surface area contributed by atoms with Crippen molar-refractivity contribution in [1.82, 2.24) is 4.90 Å². The van der Waals surface area contributed by atoms with Crippen LogP contribution in [0.15, 0.2) is 0 Å². The molecule has 2 aliphatic heterocycles. The molecule has 0 N–H and O–H groups in total. The first kappa shape index (κ1) is 6.18. The summed E-state index contributed by atoms with van der Waals surface area (Å²) in [6.07, 6.45) is 2.88. The highest BCUT2D eigenvalue weighted by atomic mass is 15.2. The van der Waals surface area contributed by atoms with Gasteiger partial charge in [-0.05, 0) is 24.7 Å². The highest BCUT2D eigenvalue weighted by Gasteiger charge is 2.37. The molecule has 2 saturated heterocycles. The molecule has 0 aromatic heterocycles. The van der Waals surface area contributed by atoms with Crippen LogP contribution in [0.4, 0.5) is 0 Å². The maximum atomic E-state index is 6.70. The predicted molar refractivity (Wildman–Crippen MR) is 39.3 cm³/mol. The van der Waals surface area contributed by atoms with Crippen LogP contribution in [0.25, 0.3) is 4.85 Å². The Labute approximate surface area is 61.6 Å². The van der Waals surface area contributed by atoms with Gasteiger partial charge in [-0.15, -0.1) is 0 Å². The highest BCUT2D eigenvalue weighted by molar-refractivity contribution is 4.90. The number of rotatable bonds is 1. The molecule has 1 saturated carbocycles. The van der Waals surface area contributed by atoms with Gasteiger partial charge in [0.15, 0.2) is 0 Å².